The first-order valence-corrected chi connectivity index (χ1v) is 8.03. The van der Waals surface area contributed by atoms with Crippen LogP contribution in [-0.2, 0) is 14.8 Å². The third-order valence-electron chi connectivity index (χ3n) is 3.35. The highest BCUT2D eigenvalue weighted by Crippen LogP contribution is 2.20. The fourth-order valence-corrected chi connectivity index (χ4v) is 2.93. The SMILES string of the molecule is C[C@@H](NC(=O)C1CN(S(C)(=O)=O)C1)c1ccccc1. The van der Waals surface area contributed by atoms with Gasteiger partial charge in [0.25, 0.3) is 0 Å². The van der Waals surface area contributed by atoms with Crippen LogP contribution >= 0.6 is 0 Å². The molecule has 0 saturated carbocycles. The molecule has 1 amide bonds. The number of rotatable bonds is 4. The molecule has 1 heterocycles. The van der Waals surface area contributed by atoms with Crippen LogP contribution in [-0.4, -0.2) is 38.0 Å². The molecule has 0 radical (unpaired) electrons. The standard InChI is InChI=1S/C13H18N2O3S/c1-10(11-6-4-3-5-7-11)14-13(16)12-8-15(9-12)19(2,17)18/h3-7,10,12H,8-9H2,1-2H3,(H,14,16)/t10-/m1/s1. The molecule has 1 N–H and O–H groups in total. The summed E-state index contributed by atoms with van der Waals surface area (Å²) in [6.45, 7) is 2.48. The second kappa shape index (κ2) is 5.30. The number of nitrogens with one attached hydrogen (secondary N) is 1. The first kappa shape index (κ1) is 14.0. The molecule has 0 unspecified atom stereocenters. The molecule has 2 rings (SSSR count). The molecule has 1 fully saturated rings. The largest absolute Gasteiger partial charge is 0.349 e. The van der Waals surface area contributed by atoms with Crippen LogP contribution in [0.2, 0.25) is 0 Å². The summed E-state index contributed by atoms with van der Waals surface area (Å²) in [6, 6.07) is 9.61. The van der Waals surface area contributed by atoms with Gasteiger partial charge in [-0.2, -0.15) is 0 Å². The maximum absolute atomic E-state index is 11.9. The first-order chi connectivity index (χ1) is 8.88. The van der Waals surface area contributed by atoms with Crippen molar-refractivity contribution in [1.29, 1.82) is 0 Å². The number of amides is 1. The highest BCUT2D eigenvalue weighted by Gasteiger charge is 2.37. The lowest BCUT2D eigenvalue weighted by atomic mass is 10.0. The topological polar surface area (TPSA) is 66.5 Å². The van der Waals surface area contributed by atoms with E-state index in [2.05, 4.69) is 5.32 Å². The number of nitrogens with zero attached hydrogens (tertiary/aromatic N) is 1. The second-order valence-electron chi connectivity index (χ2n) is 4.92. The molecule has 104 valence electrons. The van der Waals surface area contributed by atoms with Crippen LogP contribution in [0.25, 0.3) is 0 Å². The van der Waals surface area contributed by atoms with Crippen LogP contribution in [0.1, 0.15) is 18.5 Å². The fourth-order valence-electron chi connectivity index (χ4n) is 2.03. The molecule has 1 aromatic rings. The minimum atomic E-state index is -3.16. The lowest BCUT2D eigenvalue weighted by molar-refractivity contribution is -0.128. The van der Waals surface area contributed by atoms with Gasteiger partial charge in [0.15, 0.2) is 0 Å². The lowest BCUT2D eigenvalue weighted by Gasteiger charge is -2.36. The summed E-state index contributed by atoms with van der Waals surface area (Å²) >= 11 is 0. The van der Waals surface area contributed by atoms with Crippen LogP contribution in [0.5, 0.6) is 0 Å². The summed E-state index contributed by atoms with van der Waals surface area (Å²) in [5.41, 5.74) is 1.04. The van der Waals surface area contributed by atoms with Crippen molar-refractivity contribution in [3.05, 3.63) is 35.9 Å². The van der Waals surface area contributed by atoms with Crippen molar-refractivity contribution in [2.24, 2.45) is 5.92 Å². The van der Waals surface area contributed by atoms with Gasteiger partial charge in [-0.3, -0.25) is 4.79 Å². The van der Waals surface area contributed by atoms with E-state index >= 15 is 0 Å². The molecule has 0 aromatic heterocycles. The molecule has 1 saturated heterocycles. The Hall–Kier alpha value is -1.40. The van der Waals surface area contributed by atoms with Crippen molar-refractivity contribution in [2.45, 2.75) is 13.0 Å². The minimum Gasteiger partial charge on any atom is -0.349 e. The van der Waals surface area contributed by atoms with Gasteiger partial charge in [-0.1, -0.05) is 30.3 Å². The smallest absolute Gasteiger partial charge is 0.226 e. The molecule has 1 aromatic carbocycles. The van der Waals surface area contributed by atoms with E-state index in [0.717, 1.165) is 11.8 Å². The Balaban J connectivity index is 1.87. The van der Waals surface area contributed by atoms with E-state index in [1.54, 1.807) is 0 Å². The van der Waals surface area contributed by atoms with E-state index in [4.69, 9.17) is 0 Å². The van der Waals surface area contributed by atoms with E-state index < -0.39 is 10.0 Å². The quantitative estimate of drug-likeness (QED) is 0.886. The Morgan fingerprint density at radius 1 is 1.32 bits per heavy atom. The maximum atomic E-state index is 11.9. The molecule has 1 aliphatic heterocycles. The zero-order valence-corrected chi connectivity index (χ0v) is 11.9. The molecule has 0 bridgehead atoms. The van der Waals surface area contributed by atoms with Crippen molar-refractivity contribution < 1.29 is 13.2 Å². The van der Waals surface area contributed by atoms with E-state index in [1.165, 1.54) is 4.31 Å². The Kier molecular flexibility index (Phi) is 3.91. The van der Waals surface area contributed by atoms with Crippen LogP contribution in [0.15, 0.2) is 30.3 Å². The van der Waals surface area contributed by atoms with Crippen molar-refractivity contribution >= 4 is 15.9 Å². The molecular weight excluding hydrogens is 264 g/mol. The molecule has 1 aliphatic rings. The predicted octanol–water partition coefficient (Wildman–Crippen LogP) is 0.755. The molecule has 19 heavy (non-hydrogen) atoms. The van der Waals surface area contributed by atoms with E-state index in [0.29, 0.717) is 0 Å². The summed E-state index contributed by atoms with van der Waals surface area (Å²) in [4.78, 5) is 11.9. The molecule has 0 spiro atoms. The number of sulfonamides is 1. The normalized spacial score (nSPS) is 18.6. The van der Waals surface area contributed by atoms with Crippen molar-refractivity contribution in [1.82, 2.24) is 9.62 Å². The summed E-state index contributed by atoms with van der Waals surface area (Å²) in [5, 5.41) is 2.91. The third-order valence-corrected chi connectivity index (χ3v) is 4.58. The summed E-state index contributed by atoms with van der Waals surface area (Å²) < 4.78 is 23.7. The highest BCUT2D eigenvalue weighted by molar-refractivity contribution is 7.88. The van der Waals surface area contributed by atoms with Gasteiger partial charge >= 0.3 is 0 Å². The van der Waals surface area contributed by atoms with Crippen LogP contribution in [0.3, 0.4) is 0 Å². The highest BCUT2D eigenvalue weighted by atomic mass is 32.2. The minimum absolute atomic E-state index is 0.0685. The van der Waals surface area contributed by atoms with Gasteiger partial charge in [0, 0.05) is 13.1 Å². The van der Waals surface area contributed by atoms with Crippen LogP contribution in [0.4, 0.5) is 0 Å². The summed E-state index contributed by atoms with van der Waals surface area (Å²) in [7, 11) is -3.16. The monoisotopic (exact) mass is 282 g/mol. The summed E-state index contributed by atoms with van der Waals surface area (Å²) in [5.74, 6) is -0.322. The Bertz CT molecular complexity index is 551. The molecule has 6 heteroatoms. The van der Waals surface area contributed by atoms with Gasteiger partial charge in [-0.25, -0.2) is 12.7 Å². The Morgan fingerprint density at radius 2 is 1.89 bits per heavy atom. The van der Waals surface area contributed by atoms with Gasteiger partial charge in [-0.05, 0) is 12.5 Å². The molecule has 1 atom stereocenters. The van der Waals surface area contributed by atoms with Gasteiger partial charge < -0.3 is 5.32 Å². The van der Waals surface area contributed by atoms with Gasteiger partial charge in [0.1, 0.15) is 0 Å². The Morgan fingerprint density at radius 3 is 2.42 bits per heavy atom. The molecule has 0 aliphatic carbocycles. The van der Waals surface area contributed by atoms with Gasteiger partial charge in [0.2, 0.25) is 15.9 Å². The van der Waals surface area contributed by atoms with E-state index in [1.807, 2.05) is 37.3 Å². The van der Waals surface area contributed by atoms with Crippen molar-refractivity contribution in [3.63, 3.8) is 0 Å². The first-order valence-electron chi connectivity index (χ1n) is 6.18. The average molecular weight is 282 g/mol. The number of carbonyl (C=O) groups is 1. The van der Waals surface area contributed by atoms with Crippen LogP contribution < -0.4 is 5.32 Å². The van der Waals surface area contributed by atoms with Gasteiger partial charge in [0.05, 0.1) is 18.2 Å². The number of hydrogen-bond acceptors (Lipinski definition) is 3. The third kappa shape index (κ3) is 3.33. The van der Waals surface area contributed by atoms with E-state index in [-0.39, 0.29) is 31.0 Å². The number of hydrogen-bond donors (Lipinski definition) is 1. The van der Waals surface area contributed by atoms with E-state index in [9.17, 15) is 13.2 Å². The van der Waals surface area contributed by atoms with Crippen molar-refractivity contribution in [3.8, 4) is 0 Å². The number of benzene rings is 1. The summed E-state index contributed by atoms with van der Waals surface area (Å²) in [6.07, 6.45) is 1.16. The average Bonchev–Trinajstić information content (AvgIpc) is 2.26. The Labute approximate surface area is 113 Å². The molecule has 5 nitrogen and oxygen atoms in total. The fraction of sp³-hybridized carbons (Fsp3) is 0.462. The zero-order valence-electron chi connectivity index (χ0n) is 11.0. The maximum Gasteiger partial charge on any atom is 0.226 e. The number of carbonyl (C=O) groups excluding carboxylic acids is 1. The van der Waals surface area contributed by atoms with Crippen LogP contribution in [0, 0.1) is 5.92 Å². The van der Waals surface area contributed by atoms with Gasteiger partial charge in [-0.15, -0.1) is 0 Å². The van der Waals surface area contributed by atoms with Crippen molar-refractivity contribution in [2.75, 3.05) is 19.3 Å². The lowest BCUT2D eigenvalue weighted by Crippen LogP contribution is -2.55. The molecular formula is C13H18N2O3S. The predicted molar refractivity (Wildman–Crippen MR) is 72.9 cm³/mol. The second-order valence-corrected chi connectivity index (χ2v) is 6.90. The zero-order chi connectivity index (χ0) is 14.0.